The molecule has 1 aromatic heterocycles. The van der Waals surface area contributed by atoms with E-state index in [9.17, 15) is 9.59 Å². The maximum atomic E-state index is 12.4. The smallest absolute Gasteiger partial charge is 0.306 e. The van der Waals surface area contributed by atoms with Gasteiger partial charge in [0.25, 0.3) is 5.91 Å². The molecule has 0 spiro atoms. The minimum atomic E-state index is -0.784. The topological polar surface area (TPSA) is 92.2 Å². The van der Waals surface area contributed by atoms with Crippen molar-refractivity contribution in [2.75, 3.05) is 0 Å². The van der Waals surface area contributed by atoms with Crippen molar-refractivity contribution >= 4 is 11.9 Å². The molecule has 1 fully saturated rings. The fraction of sp³-hybridized carbons (Fsp3) is 0.600. The molecule has 1 aliphatic rings. The number of aromatic nitrogens is 2. The molecule has 0 bridgehead atoms. The van der Waals surface area contributed by atoms with E-state index in [0.29, 0.717) is 30.7 Å². The lowest BCUT2D eigenvalue weighted by atomic mass is 10.0. The average molecular weight is 291 g/mol. The molecule has 1 aromatic rings. The average Bonchev–Trinajstić information content (AvgIpc) is 2.87. The van der Waals surface area contributed by atoms with E-state index < -0.39 is 5.97 Å². The Morgan fingerprint density at radius 1 is 1.38 bits per heavy atom. The zero-order valence-electron chi connectivity index (χ0n) is 12.6. The summed E-state index contributed by atoms with van der Waals surface area (Å²) < 4.78 is 0. The first-order valence-electron chi connectivity index (χ1n) is 7.25. The number of aliphatic carboxylic acids is 1. The van der Waals surface area contributed by atoms with Crippen molar-refractivity contribution in [1.29, 1.82) is 0 Å². The first-order chi connectivity index (χ1) is 9.88. The van der Waals surface area contributed by atoms with Crippen molar-refractivity contribution in [3.8, 4) is 0 Å². The van der Waals surface area contributed by atoms with E-state index in [1.807, 2.05) is 13.8 Å². The number of hydrogen-bond acceptors (Lipinski definition) is 4. The zero-order valence-corrected chi connectivity index (χ0v) is 12.6. The Labute approximate surface area is 124 Å². The Morgan fingerprint density at radius 3 is 2.67 bits per heavy atom. The predicted molar refractivity (Wildman–Crippen MR) is 77.1 cm³/mol. The molecule has 0 unspecified atom stereocenters. The van der Waals surface area contributed by atoms with Gasteiger partial charge < -0.3 is 10.4 Å². The first-order valence-corrected chi connectivity index (χ1v) is 7.25. The van der Waals surface area contributed by atoms with Gasteiger partial charge in [0.15, 0.2) is 0 Å². The maximum Gasteiger partial charge on any atom is 0.306 e. The van der Waals surface area contributed by atoms with Crippen LogP contribution in [0.1, 0.15) is 60.9 Å². The van der Waals surface area contributed by atoms with Crippen molar-refractivity contribution in [2.24, 2.45) is 5.92 Å². The van der Waals surface area contributed by atoms with Crippen LogP contribution in [-0.4, -0.2) is 33.0 Å². The summed E-state index contributed by atoms with van der Waals surface area (Å²) in [5, 5.41) is 11.9. The molecule has 0 saturated heterocycles. The summed E-state index contributed by atoms with van der Waals surface area (Å²) in [4.78, 5) is 31.8. The standard InChI is InChI=1S/C15H21N3O3/c1-8(2)13-12(7-16-9(3)17-13)14(19)18-11-5-4-10(6-11)15(20)21/h7-8,10-11H,4-6H2,1-3H3,(H,18,19)(H,20,21)/t10-,11+/m0/s1. The molecule has 2 atom stereocenters. The highest BCUT2D eigenvalue weighted by Gasteiger charge is 2.31. The second-order valence-corrected chi connectivity index (χ2v) is 5.89. The summed E-state index contributed by atoms with van der Waals surface area (Å²) in [7, 11) is 0. The highest BCUT2D eigenvalue weighted by molar-refractivity contribution is 5.95. The van der Waals surface area contributed by atoms with Crippen LogP contribution >= 0.6 is 0 Å². The van der Waals surface area contributed by atoms with Gasteiger partial charge >= 0.3 is 5.97 Å². The third kappa shape index (κ3) is 3.56. The van der Waals surface area contributed by atoms with E-state index in [1.165, 1.54) is 0 Å². The van der Waals surface area contributed by atoms with E-state index >= 15 is 0 Å². The van der Waals surface area contributed by atoms with Crippen LogP contribution in [0.5, 0.6) is 0 Å². The monoisotopic (exact) mass is 291 g/mol. The number of carbonyl (C=O) groups is 2. The van der Waals surface area contributed by atoms with Gasteiger partial charge in [-0.3, -0.25) is 9.59 Å². The van der Waals surface area contributed by atoms with Crippen LogP contribution in [0, 0.1) is 12.8 Å². The molecule has 1 saturated carbocycles. The van der Waals surface area contributed by atoms with E-state index in [0.717, 1.165) is 5.69 Å². The number of hydrogen-bond donors (Lipinski definition) is 2. The van der Waals surface area contributed by atoms with Crippen LogP contribution in [0.25, 0.3) is 0 Å². The number of carboxylic acid groups (broad SMARTS) is 1. The number of carbonyl (C=O) groups excluding carboxylic acids is 1. The summed E-state index contributed by atoms with van der Waals surface area (Å²) >= 11 is 0. The summed E-state index contributed by atoms with van der Waals surface area (Å²) in [6, 6.07) is -0.0834. The number of nitrogens with zero attached hydrogens (tertiary/aromatic N) is 2. The molecule has 2 rings (SSSR count). The van der Waals surface area contributed by atoms with Gasteiger partial charge in [0.05, 0.1) is 17.2 Å². The van der Waals surface area contributed by atoms with E-state index in [-0.39, 0.29) is 23.8 Å². The molecule has 1 amide bonds. The molecule has 0 radical (unpaired) electrons. The number of nitrogens with one attached hydrogen (secondary N) is 1. The second-order valence-electron chi connectivity index (χ2n) is 5.89. The molecule has 1 aliphatic carbocycles. The molecule has 0 aromatic carbocycles. The van der Waals surface area contributed by atoms with Crippen LogP contribution in [0.3, 0.4) is 0 Å². The van der Waals surface area contributed by atoms with E-state index in [1.54, 1.807) is 13.1 Å². The van der Waals surface area contributed by atoms with Crippen molar-refractivity contribution in [3.05, 3.63) is 23.3 Å². The molecule has 6 nitrogen and oxygen atoms in total. The van der Waals surface area contributed by atoms with E-state index in [2.05, 4.69) is 15.3 Å². The fourth-order valence-electron chi connectivity index (χ4n) is 2.70. The Hall–Kier alpha value is -1.98. The Bertz CT molecular complexity index is 557. The highest BCUT2D eigenvalue weighted by Crippen LogP contribution is 2.26. The van der Waals surface area contributed by atoms with Crippen molar-refractivity contribution in [3.63, 3.8) is 0 Å². The van der Waals surface area contributed by atoms with Gasteiger partial charge in [0.1, 0.15) is 5.82 Å². The molecular weight excluding hydrogens is 270 g/mol. The summed E-state index contributed by atoms with van der Waals surface area (Å²) in [5.74, 6) is -0.581. The van der Waals surface area contributed by atoms with Gasteiger partial charge in [-0.2, -0.15) is 0 Å². The van der Waals surface area contributed by atoms with Crippen LogP contribution in [0.4, 0.5) is 0 Å². The molecule has 0 aliphatic heterocycles. The minimum absolute atomic E-state index is 0.0834. The van der Waals surface area contributed by atoms with Crippen molar-refractivity contribution in [1.82, 2.24) is 15.3 Å². The van der Waals surface area contributed by atoms with Crippen molar-refractivity contribution < 1.29 is 14.7 Å². The largest absolute Gasteiger partial charge is 0.481 e. The first kappa shape index (κ1) is 15.4. The van der Waals surface area contributed by atoms with E-state index in [4.69, 9.17) is 5.11 Å². The minimum Gasteiger partial charge on any atom is -0.481 e. The molecule has 1 heterocycles. The third-order valence-corrected chi connectivity index (χ3v) is 3.85. The van der Waals surface area contributed by atoms with Gasteiger partial charge in [-0.1, -0.05) is 13.8 Å². The molecule has 6 heteroatoms. The van der Waals surface area contributed by atoms with Crippen LogP contribution in [0.2, 0.25) is 0 Å². The lowest BCUT2D eigenvalue weighted by Gasteiger charge is -2.15. The van der Waals surface area contributed by atoms with Gasteiger partial charge in [-0.25, -0.2) is 9.97 Å². The lowest BCUT2D eigenvalue weighted by Crippen LogP contribution is -2.34. The quantitative estimate of drug-likeness (QED) is 0.883. The predicted octanol–water partition coefficient (Wildman–Crippen LogP) is 1.89. The number of carboxylic acids is 1. The normalized spacial score (nSPS) is 21.5. The fourth-order valence-corrected chi connectivity index (χ4v) is 2.70. The van der Waals surface area contributed by atoms with Crippen LogP contribution in [-0.2, 0) is 4.79 Å². The molecule has 2 N–H and O–H groups in total. The lowest BCUT2D eigenvalue weighted by molar-refractivity contribution is -0.141. The molecular formula is C15H21N3O3. The van der Waals surface area contributed by atoms with Crippen molar-refractivity contribution in [2.45, 2.75) is 52.0 Å². The molecule has 114 valence electrons. The van der Waals surface area contributed by atoms with Crippen LogP contribution in [0.15, 0.2) is 6.20 Å². The Balaban J connectivity index is 2.09. The van der Waals surface area contributed by atoms with Crippen LogP contribution < -0.4 is 5.32 Å². The third-order valence-electron chi connectivity index (χ3n) is 3.85. The number of aryl methyl sites for hydroxylation is 1. The Kier molecular flexibility index (Phi) is 4.55. The zero-order chi connectivity index (χ0) is 15.6. The van der Waals surface area contributed by atoms with Gasteiger partial charge in [-0.05, 0) is 32.1 Å². The summed E-state index contributed by atoms with van der Waals surface area (Å²) in [6.07, 6.45) is 3.36. The molecule has 21 heavy (non-hydrogen) atoms. The number of amides is 1. The SMILES string of the molecule is Cc1ncc(C(=O)N[C@@H]2CC[C@H](C(=O)O)C2)c(C(C)C)n1. The van der Waals surface area contributed by atoms with Gasteiger partial charge in [-0.15, -0.1) is 0 Å². The van der Waals surface area contributed by atoms with Gasteiger partial charge in [0.2, 0.25) is 0 Å². The maximum absolute atomic E-state index is 12.4. The summed E-state index contributed by atoms with van der Waals surface area (Å²) in [5.41, 5.74) is 1.21. The number of rotatable bonds is 4. The Morgan fingerprint density at radius 2 is 2.10 bits per heavy atom. The van der Waals surface area contributed by atoms with Gasteiger partial charge in [0, 0.05) is 12.2 Å². The highest BCUT2D eigenvalue weighted by atomic mass is 16.4. The second kappa shape index (κ2) is 6.20. The summed E-state index contributed by atoms with van der Waals surface area (Å²) in [6.45, 7) is 5.76.